The first-order chi connectivity index (χ1) is 9.61. The quantitative estimate of drug-likeness (QED) is 0.701. The fourth-order valence-corrected chi connectivity index (χ4v) is 3.69. The Hall–Kier alpha value is -0.800. The van der Waals surface area contributed by atoms with E-state index < -0.39 is 5.82 Å². The van der Waals surface area contributed by atoms with Crippen LogP contribution in [0.2, 0.25) is 5.02 Å². The van der Waals surface area contributed by atoms with Gasteiger partial charge in [-0.2, -0.15) is 0 Å². The molecule has 1 fully saturated rings. The minimum absolute atomic E-state index is 0.108. The molecule has 1 aromatic carbocycles. The third-order valence-electron chi connectivity index (χ3n) is 4.41. The first kappa shape index (κ1) is 14.2. The summed E-state index contributed by atoms with van der Waals surface area (Å²) in [5, 5.41) is 0.108. The van der Waals surface area contributed by atoms with Gasteiger partial charge in [-0.15, -0.1) is 11.6 Å². The van der Waals surface area contributed by atoms with Crippen LogP contribution in [0.4, 0.5) is 4.39 Å². The van der Waals surface area contributed by atoms with E-state index in [0.29, 0.717) is 11.8 Å². The Bertz CT molecular complexity index is 632. The second-order valence-corrected chi connectivity index (χ2v) is 6.25. The van der Waals surface area contributed by atoms with E-state index in [-0.39, 0.29) is 11.1 Å². The van der Waals surface area contributed by atoms with Crippen molar-refractivity contribution < 1.29 is 4.39 Å². The maximum absolute atomic E-state index is 13.8. The Kier molecular flexibility index (Phi) is 3.91. The molecule has 0 radical (unpaired) electrons. The molecule has 0 saturated heterocycles. The molecule has 0 spiro atoms. The Balaban J connectivity index is 2.13. The van der Waals surface area contributed by atoms with Crippen LogP contribution >= 0.6 is 23.2 Å². The van der Waals surface area contributed by atoms with Gasteiger partial charge in [-0.3, -0.25) is 0 Å². The first-order valence-electron chi connectivity index (χ1n) is 7.03. The van der Waals surface area contributed by atoms with Crippen LogP contribution < -0.4 is 0 Å². The average molecular weight is 315 g/mol. The number of imidazole rings is 1. The third kappa shape index (κ3) is 2.31. The van der Waals surface area contributed by atoms with Gasteiger partial charge in [-0.1, -0.05) is 24.4 Å². The van der Waals surface area contributed by atoms with Gasteiger partial charge in [0, 0.05) is 12.1 Å². The van der Waals surface area contributed by atoms with Crippen molar-refractivity contribution >= 4 is 34.2 Å². The van der Waals surface area contributed by atoms with Gasteiger partial charge in [0.05, 0.1) is 21.9 Å². The second kappa shape index (κ2) is 5.53. The lowest BCUT2D eigenvalue weighted by Gasteiger charge is -2.23. The summed E-state index contributed by atoms with van der Waals surface area (Å²) >= 11 is 11.9. The van der Waals surface area contributed by atoms with Crippen LogP contribution in [0.25, 0.3) is 11.0 Å². The third-order valence-corrected chi connectivity index (χ3v) is 4.94. The summed E-state index contributed by atoms with van der Waals surface area (Å²) in [5.74, 6) is 1.33. The summed E-state index contributed by atoms with van der Waals surface area (Å²) in [6, 6.07) is 3.35. The van der Waals surface area contributed by atoms with Crippen molar-refractivity contribution in [1.82, 2.24) is 9.55 Å². The summed E-state index contributed by atoms with van der Waals surface area (Å²) in [6.07, 6.45) is 4.99. The maximum Gasteiger partial charge on any atom is 0.144 e. The molecule has 108 valence electrons. The zero-order valence-electron chi connectivity index (χ0n) is 11.4. The number of aromatic nitrogens is 2. The van der Waals surface area contributed by atoms with Gasteiger partial charge in [0.25, 0.3) is 0 Å². The van der Waals surface area contributed by atoms with Crippen molar-refractivity contribution in [2.75, 3.05) is 0 Å². The Morgan fingerprint density at radius 2 is 2.10 bits per heavy atom. The van der Waals surface area contributed by atoms with E-state index in [1.54, 1.807) is 6.07 Å². The smallest absolute Gasteiger partial charge is 0.144 e. The Morgan fingerprint density at radius 3 is 2.75 bits per heavy atom. The maximum atomic E-state index is 13.8. The number of alkyl halides is 1. The zero-order chi connectivity index (χ0) is 14.3. The van der Waals surface area contributed by atoms with Crippen LogP contribution in [0, 0.1) is 11.7 Å². The van der Waals surface area contributed by atoms with E-state index in [0.717, 1.165) is 16.9 Å². The average Bonchev–Trinajstić information content (AvgIpc) is 3.06. The highest BCUT2D eigenvalue weighted by Crippen LogP contribution is 2.37. The highest BCUT2D eigenvalue weighted by molar-refractivity contribution is 6.31. The van der Waals surface area contributed by atoms with Crippen molar-refractivity contribution in [2.24, 2.45) is 5.92 Å². The molecule has 0 N–H and O–H groups in total. The SMILES string of the molecule is CC(C1CCCC1)n1c(CCl)nc2cc(Cl)c(F)cc21. The molecule has 1 aromatic heterocycles. The summed E-state index contributed by atoms with van der Waals surface area (Å²) in [7, 11) is 0. The van der Waals surface area contributed by atoms with Gasteiger partial charge < -0.3 is 4.57 Å². The van der Waals surface area contributed by atoms with Crippen molar-refractivity contribution in [2.45, 2.75) is 44.5 Å². The molecule has 0 aliphatic heterocycles. The van der Waals surface area contributed by atoms with Gasteiger partial charge in [0.15, 0.2) is 0 Å². The molecule has 5 heteroatoms. The van der Waals surface area contributed by atoms with E-state index in [9.17, 15) is 4.39 Å². The number of fused-ring (bicyclic) bond motifs is 1. The molecule has 1 aliphatic rings. The van der Waals surface area contributed by atoms with Crippen LogP contribution in [-0.4, -0.2) is 9.55 Å². The van der Waals surface area contributed by atoms with Crippen molar-refractivity contribution in [3.63, 3.8) is 0 Å². The van der Waals surface area contributed by atoms with Crippen LogP contribution in [0.1, 0.15) is 44.5 Å². The summed E-state index contributed by atoms with van der Waals surface area (Å²) in [6.45, 7) is 2.18. The molecule has 1 aliphatic carbocycles. The highest BCUT2D eigenvalue weighted by Gasteiger charge is 2.26. The molecule has 1 unspecified atom stereocenters. The summed E-state index contributed by atoms with van der Waals surface area (Å²) < 4.78 is 15.9. The van der Waals surface area contributed by atoms with Gasteiger partial charge >= 0.3 is 0 Å². The lowest BCUT2D eigenvalue weighted by atomic mass is 9.99. The van der Waals surface area contributed by atoms with Crippen LogP contribution in [0.15, 0.2) is 12.1 Å². The molecule has 0 bridgehead atoms. The van der Waals surface area contributed by atoms with E-state index in [1.165, 1.54) is 31.7 Å². The lowest BCUT2D eigenvalue weighted by Crippen LogP contribution is -2.16. The van der Waals surface area contributed by atoms with Gasteiger partial charge in [0.2, 0.25) is 0 Å². The fourth-order valence-electron chi connectivity index (χ4n) is 3.34. The number of hydrogen-bond donors (Lipinski definition) is 0. The van der Waals surface area contributed by atoms with E-state index in [4.69, 9.17) is 23.2 Å². The monoisotopic (exact) mass is 314 g/mol. The predicted octanol–water partition coefficient (Wildman–Crippen LogP) is 5.32. The molecule has 0 amide bonds. The van der Waals surface area contributed by atoms with Crippen LogP contribution in [0.5, 0.6) is 0 Å². The number of nitrogens with zero attached hydrogens (tertiary/aromatic N) is 2. The van der Waals surface area contributed by atoms with Gasteiger partial charge in [0.1, 0.15) is 11.6 Å². The molecule has 2 aromatic rings. The first-order valence-corrected chi connectivity index (χ1v) is 7.95. The normalized spacial score (nSPS) is 18.0. The number of halogens is 3. The Labute approximate surface area is 127 Å². The van der Waals surface area contributed by atoms with Crippen LogP contribution in [-0.2, 0) is 5.88 Å². The zero-order valence-corrected chi connectivity index (χ0v) is 12.9. The molecular weight excluding hydrogens is 298 g/mol. The largest absolute Gasteiger partial charge is 0.324 e. The minimum Gasteiger partial charge on any atom is -0.324 e. The van der Waals surface area contributed by atoms with Crippen molar-refractivity contribution in [3.05, 3.63) is 28.8 Å². The molecular formula is C15H17Cl2FN2. The van der Waals surface area contributed by atoms with Crippen molar-refractivity contribution in [1.29, 1.82) is 0 Å². The second-order valence-electron chi connectivity index (χ2n) is 5.57. The topological polar surface area (TPSA) is 17.8 Å². The molecule has 2 nitrogen and oxygen atoms in total. The predicted molar refractivity (Wildman–Crippen MR) is 80.9 cm³/mol. The van der Waals surface area contributed by atoms with E-state index in [1.807, 2.05) is 0 Å². The van der Waals surface area contributed by atoms with Crippen molar-refractivity contribution in [3.8, 4) is 0 Å². The van der Waals surface area contributed by atoms with Gasteiger partial charge in [-0.25, -0.2) is 9.37 Å². The number of hydrogen-bond acceptors (Lipinski definition) is 1. The Morgan fingerprint density at radius 1 is 1.40 bits per heavy atom. The summed E-state index contributed by atoms with van der Waals surface area (Å²) in [4.78, 5) is 4.51. The number of rotatable bonds is 3. The molecule has 20 heavy (non-hydrogen) atoms. The standard InChI is InChI=1S/C15H17Cl2FN2/c1-9(10-4-2-3-5-10)20-14-7-12(18)11(17)6-13(14)19-15(20)8-16/h6-7,9-10H,2-5,8H2,1H3. The van der Waals surface area contributed by atoms with Gasteiger partial charge in [-0.05, 0) is 31.7 Å². The fraction of sp³-hybridized carbons (Fsp3) is 0.533. The van der Waals surface area contributed by atoms with E-state index in [2.05, 4.69) is 16.5 Å². The molecule has 1 atom stereocenters. The molecule has 1 saturated carbocycles. The lowest BCUT2D eigenvalue weighted by molar-refractivity contribution is 0.362. The minimum atomic E-state index is -0.403. The molecule has 1 heterocycles. The summed E-state index contributed by atoms with van der Waals surface area (Å²) in [5.41, 5.74) is 1.51. The van der Waals surface area contributed by atoms with Crippen LogP contribution in [0.3, 0.4) is 0 Å². The molecule has 3 rings (SSSR count). The highest BCUT2D eigenvalue weighted by atomic mass is 35.5. The van der Waals surface area contributed by atoms with E-state index >= 15 is 0 Å². The number of benzene rings is 1.